The molecular weight excluding hydrogens is 243 g/mol. The smallest absolute Gasteiger partial charge is 0.183 e. The molecule has 1 fully saturated rings. The molecule has 1 heterocycles. The Kier molecular flexibility index (Phi) is 3.19. The van der Waals surface area contributed by atoms with Crippen LogP contribution in [0.3, 0.4) is 0 Å². The first-order valence-electron chi connectivity index (χ1n) is 6.72. The largest absolute Gasteiger partial charge is 0.396 e. The second-order valence-corrected chi connectivity index (χ2v) is 5.08. The third-order valence-corrected chi connectivity index (χ3v) is 3.79. The van der Waals surface area contributed by atoms with Crippen molar-refractivity contribution in [2.45, 2.75) is 38.0 Å². The number of hydrogen-bond donors (Lipinski definition) is 2. The molecule has 2 aromatic rings. The van der Waals surface area contributed by atoms with Crippen LogP contribution >= 0.6 is 0 Å². The number of benzene rings is 1. The summed E-state index contributed by atoms with van der Waals surface area (Å²) in [5.41, 5.74) is 6.40. The van der Waals surface area contributed by atoms with Gasteiger partial charge in [0.15, 0.2) is 5.82 Å². The Morgan fingerprint density at radius 2 is 2.00 bits per heavy atom. The van der Waals surface area contributed by atoms with E-state index in [0.717, 1.165) is 18.7 Å². The Labute approximate surface area is 111 Å². The molecule has 100 valence electrons. The molecule has 0 bridgehead atoms. The minimum atomic E-state index is -0.429. The molecular formula is C14H17FN4. The van der Waals surface area contributed by atoms with Crippen molar-refractivity contribution in [3.8, 4) is 11.4 Å². The highest BCUT2D eigenvalue weighted by molar-refractivity contribution is 5.71. The number of H-pyrrole nitrogens is 1. The van der Waals surface area contributed by atoms with Crippen LogP contribution in [0, 0.1) is 5.82 Å². The SMILES string of the molecule is Nc1c(F)cccc1-c1n[nH]c(C2CCCCC2)n1. The fourth-order valence-corrected chi connectivity index (χ4v) is 2.69. The maximum absolute atomic E-state index is 13.4. The molecule has 1 aromatic heterocycles. The van der Waals surface area contributed by atoms with Gasteiger partial charge in [0.2, 0.25) is 0 Å². The lowest BCUT2D eigenvalue weighted by atomic mass is 9.89. The maximum Gasteiger partial charge on any atom is 0.183 e. The molecule has 0 unspecified atom stereocenters. The lowest BCUT2D eigenvalue weighted by molar-refractivity contribution is 0.429. The third-order valence-electron chi connectivity index (χ3n) is 3.79. The van der Waals surface area contributed by atoms with Gasteiger partial charge in [0.25, 0.3) is 0 Å². The molecule has 4 nitrogen and oxygen atoms in total. The summed E-state index contributed by atoms with van der Waals surface area (Å²) >= 11 is 0. The summed E-state index contributed by atoms with van der Waals surface area (Å²) in [6.45, 7) is 0. The molecule has 0 spiro atoms. The molecule has 0 aliphatic heterocycles. The van der Waals surface area contributed by atoms with E-state index in [1.807, 2.05) is 0 Å². The minimum Gasteiger partial charge on any atom is -0.396 e. The van der Waals surface area contributed by atoms with Crippen molar-refractivity contribution in [2.24, 2.45) is 0 Å². The summed E-state index contributed by atoms with van der Waals surface area (Å²) in [4.78, 5) is 4.49. The standard InChI is InChI=1S/C14H17FN4/c15-11-8-4-7-10(12(11)16)14-17-13(18-19-14)9-5-2-1-3-6-9/h4,7-9H,1-3,5-6,16H2,(H,17,18,19). The summed E-state index contributed by atoms with van der Waals surface area (Å²) in [5, 5.41) is 7.16. The molecule has 1 aliphatic rings. The number of rotatable bonds is 2. The van der Waals surface area contributed by atoms with E-state index in [4.69, 9.17) is 5.73 Å². The Hall–Kier alpha value is -1.91. The first kappa shape index (κ1) is 12.1. The second-order valence-electron chi connectivity index (χ2n) is 5.08. The predicted molar refractivity (Wildman–Crippen MR) is 72.0 cm³/mol. The summed E-state index contributed by atoms with van der Waals surface area (Å²) in [6.07, 6.45) is 6.07. The molecule has 1 saturated carbocycles. The Morgan fingerprint density at radius 3 is 2.79 bits per heavy atom. The molecule has 1 aromatic carbocycles. The summed E-state index contributed by atoms with van der Waals surface area (Å²) in [6, 6.07) is 4.71. The highest BCUT2D eigenvalue weighted by Gasteiger charge is 2.20. The molecule has 1 aliphatic carbocycles. The number of nitrogen functional groups attached to an aromatic ring is 1. The van der Waals surface area contributed by atoms with E-state index in [2.05, 4.69) is 15.2 Å². The van der Waals surface area contributed by atoms with Crippen LogP contribution < -0.4 is 5.73 Å². The topological polar surface area (TPSA) is 67.6 Å². The predicted octanol–water partition coefficient (Wildman–Crippen LogP) is 3.24. The molecule has 0 saturated heterocycles. The van der Waals surface area contributed by atoms with E-state index in [9.17, 15) is 4.39 Å². The van der Waals surface area contributed by atoms with Crippen LogP contribution in [-0.4, -0.2) is 15.2 Å². The van der Waals surface area contributed by atoms with Crippen molar-refractivity contribution >= 4 is 5.69 Å². The van der Waals surface area contributed by atoms with Crippen LogP contribution in [0.25, 0.3) is 11.4 Å². The van der Waals surface area contributed by atoms with Gasteiger partial charge in [-0.2, -0.15) is 5.10 Å². The van der Waals surface area contributed by atoms with Crippen LogP contribution in [0.4, 0.5) is 10.1 Å². The normalized spacial score (nSPS) is 16.7. The number of para-hydroxylation sites is 1. The summed E-state index contributed by atoms with van der Waals surface area (Å²) in [5.74, 6) is 1.40. The number of aromatic amines is 1. The highest BCUT2D eigenvalue weighted by atomic mass is 19.1. The van der Waals surface area contributed by atoms with Gasteiger partial charge in [-0.15, -0.1) is 0 Å². The zero-order chi connectivity index (χ0) is 13.2. The number of halogens is 1. The molecule has 3 N–H and O–H groups in total. The van der Waals surface area contributed by atoms with Crippen LogP contribution in [0.2, 0.25) is 0 Å². The molecule has 19 heavy (non-hydrogen) atoms. The summed E-state index contributed by atoms with van der Waals surface area (Å²) < 4.78 is 13.4. The van der Waals surface area contributed by atoms with E-state index in [0.29, 0.717) is 17.3 Å². The lowest BCUT2D eigenvalue weighted by Gasteiger charge is -2.18. The van der Waals surface area contributed by atoms with E-state index in [1.54, 1.807) is 12.1 Å². The number of nitrogens with two attached hydrogens (primary N) is 1. The number of nitrogens with one attached hydrogen (secondary N) is 1. The maximum atomic E-state index is 13.4. The van der Waals surface area contributed by atoms with Gasteiger partial charge in [0.1, 0.15) is 11.6 Å². The molecule has 3 rings (SSSR count). The van der Waals surface area contributed by atoms with Gasteiger partial charge >= 0.3 is 0 Å². The van der Waals surface area contributed by atoms with Crippen LogP contribution in [0.15, 0.2) is 18.2 Å². The molecule has 5 heteroatoms. The number of anilines is 1. The van der Waals surface area contributed by atoms with Gasteiger partial charge < -0.3 is 5.73 Å². The zero-order valence-electron chi connectivity index (χ0n) is 10.7. The number of nitrogens with zero attached hydrogens (tertiary/aromatic N) is 2. The van der Waals surface area contributed by atoms with Crippen molar-refractivity contribution in [3.05, 3.63) is 29.8 Å². The van der Waals surface area contributed by atoms with Crippen LogP contribution in [-0.2, 0) is 0 Å². The van der Waals surface area contributed by atoms with Crippen molar-refractivity contribution in [1.29, 1.82) is 0 Å². The third kappa shape index (κ3) is 2.32. The number of hydrogen-bond acceptors (Lipinski definition) is 3. The van der Waals surface area contributed by atoms with Crippen molar-refractivity contribution in [2.75, 3.05) is 5.73 Å². The quantitative estimate of drug-likeness (QED) is 0.814. The Balaban J connectivity index is 1.90. The molecule has 0 amide bonds. The zero-order valence-corrected chi connectivity index (χ0v) is 10.7. The van der Waals surface area contributed by atoms with Crippen molar-refractivity contribution in [3.63, 3.8) is 0 Å². The molecule has 0 radical (unpaired) electrons. The lowest BCUT2D eigenvalue weighted by Crippen LogP contribution is -2.06. The van der Waals surface area contributed by atoms with Crippen LogP contribution in [0.1, 0.15) is 43.8 Å². The van der Waals surface area contributed by atoms with E-state index < -0.39 is 5.82 Å². The fourth-order valence-electron chi connectivity index (χ4n) is 2.69. The van der Waals surface area contributed by atoms with Gasteiger partial charge in [0.05, 0.1) is 5.69 Å². The second kappa shape index (κ2) is 4.99. The number of aromatic nitrogens is 3. The average molecular weight is 260 g/mol. The first-order valence-corrected chi connectivity index (χ1v) is 6.72. The Bertz CT molecular complexity index is 573. The average Bonchev–Trinajstić information content (AvgIpc) is 2.92. The van der Waals surface area contributed by atoms with Crippen molar-refractivity contribution in [1.82, 2.24) is 15.2 Å². The highest BCUT2D eigenvalue weighted by Crippen LogP contribution is 2.32. The Morgan fingerprint density at radius 1 is 1.21 bits per heavy atom. The van der Waals surface area contributed by atoms with Crippen LogP contribution in [0.5, 0.6) is 0 Å². The van der Waals surface area contributed by atoms with Gasteiger partial charge in [0, 0.05) is 11.5 Å². The van der Waals surface area contributed by atoms with E-state index >= 15 is 0 Å². The fraction of sp³-hybridized carbons (Fsp3) is 0.429. The van der Waals surface area contributed by atoms with Gasteiger partial charge in [-0.05, 0) is 25.0 Å². The first-order chi connectivity index (χ1) is 9.25. The van der Waals surface area contributed by atoms with E-state index in [-0.39, 0.29) is 5.69 Å². The van der Waals surface area contributed by atoms with Gasteiger partial charge in [-0.1, -0.05) is 25.3 Å². The minimum absolute atomic E-state index is 0.108. The van der Waals surface area contributed by atoms with Crippen molar-refractivity contribution < 1.29 is 4.39 Å². The molecule has 0 atom stereocenters. The summed E-state index contributed by atoms with van der Waals surface area (Å²) in [7, 11) is 0. The van der Waals surface area contributed by atoms with Gasteiger partial charge in [-0.25, -0.2) is 9.37 Å². The van der Waals surface area contributed by atoms with Gasteiger partial charge in [-0.3, -0.25) is 5.10 Å². The monoisotopic (exact) mass is 260 g/mol. The van der Waals surface area contributed by atoms with E-state index in [1.165, 1.54) is 25.3 Å².